The molecule has 2 saturated heterocycles. The van der Waals surface area contributed by atoms with Gasteiger partial charge in [0.05, 0.1) is 17.6 Å². The number of aryl methyl sites for hydroxylation is 1. The molecular formula is C15H17N3O4. The SMILES string of the molecule is Cn1c(=O)oc2cc(N3CC4CCC(C3)N4C(=O)O)ccc21. The van der Waals surface area contributed by atoms with Gasteiger partial charge in [-0.2, -0.15) is 0 Å². The van der Waals surface area contributed by atoms with E-state index in [9.17, 15) is 14.7 Å². The van der Waals surface area contributed by atoms with Crippen LogP contribution in [0.2, 0.25) is 0 Å². The highest BCUT2D eigenvalue weighted by atomic mass is 16.4. The smallest absolute Gasteiger partial charge is 0.419 e. The Balaban J connectivity index is 1.66. The van der Waals surface area contributed by atoms with Gasteiger partial charge in [0.2, 0.25) is 0 Å². The molecule has 7 nitrogen and oxygen atoms in total. The van der Waals surface area contributed by atoms with Gasteiger partial charge in [-0.3, -0.25) is 9.47 Å². The van der Waals surface area contributed by atoms with E-state index in [0.717, 1.165) is 24.0 Å². The monoisotopic (exact) mass is 303 g/mol. The van der Waals surface area contributed by atoms with Gasteiger partial charge in [0.15, 0.2) is 5.58 Å². The molecule has 116 valence electrons. The molecule has 2 aliphatic rings. The molecule has 0 saturated carbocycles. The maximum absolute atomic E-state index is 11.6. The summed E-state index contributed by atoms with van der Waals surface area (Å²) in [6.07, 6.45) is 1.00. The summed E-state index contributed by atoms with van der Waals surface area (Å²) in [5.41, 5.74) is 2.31. The predicted molar refractivity (Wildman–Crippen MR) is 80.3 cm³/mol. The van der Waals surface area contributed by atoms with Crippen molar-refractivity contribution in [2.24, 2.45) is 7.05 Å². The molecule has 0 aliphatic carbocycles. The number of fused-ring (bicyclic) bond motifs is 3. The zero-order valence-corrected chi connectivity index (χ0v) is 12.2. The Morgan fingerprint density at radius 1 is 1.27 bits per heavy atom. The molecule has 2 bridgehead atoms. The van der Waals surface area contributed by atoms with Crippen LogP contribution in [0.4, 0.5) is 10.5 Å². The number of nitrogens with zero attached hydrogens (tertiary/aromatic N) is 3. The number of hydrogen-bond donors (Lipinski definition) is 1. The molecule has 2 unspecified atom stereocenters. The number of amides is 1. The fourth-order valence-corrected chi connectivity index (χ4v) is 3.75. The molecule has 3 heterocycles. The number of anilines is 1. The molecule has 1 amide bonds. The lowest BCUT2D eigenvalue weighted by atomic mass is 10.1. The molecule has 1 aromatic heterocycles. The van der Waals surface area contributed by atoms with Crippen LogP contribution in [0.5, 0.6) is 0 Å². The van der Waals surface area contributed by atoms with E-state index in [0.29, 0.717) is 18.7 Å². The Bertz CT molecular complexity index is 795. The van der Waals surface area contributed by atoms with Crippen molar-refractivity contribution in [1.29, 1.82) is 0 Å². The molecular weight excluding hydrogens is 286 g/mol. The first-order valence-corrected chi connectivity index (χ1v) is 7.40. The number of carbonyl (C=O) groups is 1. The Morgan fingerprint density at radius 3 is 2.59 bits per heavy atom. The van der Waals surface area contributed by atoms with E-state index >= 15 is 0 Å². The molecule has 2 atom stereocenters. The second-order valence-corrected chi connectivity index (χ2v) is 6.06. The number of benzene rings is 1. The number of piperazine rings is 1. The lowest BCUT2D eigenvalue weighted by molar-refractivity contribution is 0.115. The summed E-state index contributed by atoms with van der Waals surface area (Å²) in [6.45, 7) is 1.37. The first-order chi connectivity index (χ1) is 10.5. The van der Waals surface area contributed by atoms with Gasteiger partial charge in [-0.1, -0.05) is 0 Å². The minimum atomic E-state index is -0.823. The Hall–Kier alpha value is -2.44. The highest BCUT2D eigenvalue weighted by Gasteiger charge is 2.42. The summed E-state index contributed by atoms with van der Waals surface area (Å²) in [4.78, 5) is 26.7. The molecule has 2 aliphatic heterocycles. The molecule has 1 N–H and O–H groups in total. The van der Waals surface area contributed by atoms with Crippen molar-refractivity contribution in [3.63, 3.8) is 0 Å². The summed E-state index contributed by atoms with van der Waals surface area (Å²) in [5.74, 6) is -0.372. The van der Waals surface area contributed by atoms with Crippen LogP contribution >= 0.6 is 0 Å². The molecule has 22 heavy (non-hydrogen) atoms. The van der Waals surface area contributed by atoms with Crippen molar-refractivity contribution in [2.75, 3.05) is 18.0 Å². The van der Waals surface area contributed by atoms with Crippen molar-refractivity contribution in [3.05, 3.63) is 28.7 Å². The van der Waals surface area contributed by atoms with Crippen LogP contribution in [0.15, 0.2) is 27.4 Å². The molecule has 0 spiro atoms. The third-order valence-corrected chi connectivity index (χ3v) is 4.84. The molecule has 2 aromatic rings. The van der Waals surface area contributed by atoms with E-state index in [2.05, 4.69) is 4.90 Å². The van der Waals surface area contributed by atoms with Crippen LogP contribution < -0.4 is 10.7 Å². The predicted octanol–water partition coefficient (Wildman–Crippen LogP) is 1.46. The minimum Gasteiger partial charge on any atom is -0.465 e. The van der Waals surface area contributed by atoms with Gasteiger partial charge in [0, 0.05) is 31.9 Å². The van der Waals surface area contributed by atoms with E-state index in [1.54, 1.807) is 11.9 Å². The normalized spacial score (nSPS) is 24.2. The fourth-order valence-electron chi connectivity index (χ4n) is 3.75. The van der Waals surface area contributed by atoms with Crippen LogP contribution in [0.1, 0.15) is 12.8 Å². The van der Waals surface area contributed by atoms with Gasteiger partial charge in [0.25, 0.3) is 0 Å². The van der Waals surface area contributed by atoms with Crippen LogP contribution in [0.25, 0.3) is 11.1 Å². The van der Waals surface area contributed by atoms with Gasteiger partial charge in [-0.15, -0.1) is 0 Å². The van der Waals surface area contributed by atoms with E-state index < -0.39 is 6.09 Å². The van der Waals surface area contributed by atoms with Crippen LogP contribution in [0.3, 0.4) is 0 Å². The van der Waals surface area contributed by atoms with Gasteiger partial charge >= 0.3 is 11.8 Å². The summed E-state index contributed by atoms with van der Waals surface area (Å²) in [6, 6.07) is 5.81. The minimum absolute atomic E-state index is 0.0507. The zero-order chi connectivity index (χ0) is 15.4. The summed E-state index contributed by atoms with van der Waals surface area (Å²) in [5, 5.41) is 9.31. The van der Waals surface area contributed by atoms with E-state index in [1.165, 1.54) is 4.57 Å². The average Bonchev–Trinajstić information content (AvgIpc) is 2.93. The van der Waals surface area contributed by atoms with Gasteiger partial charge in [-0.25, -0.2) is 9.59 Å². The lowest BCUT2D eigenvalue weighted by Gasteiger charge is -2.40. The van der Waals surface area contributed by atoms with Crippen molar-refractivity contribution < 1.29 is 14.3 Å². The summed E-state index contributed by atoms with van der Waals surface area (Å²) in [7, 11) is 1.68. The maximum Gasteiger partial charge on any atom is 0.419 e. The number of rotatable bonds is 1. The van der Waals surface area contributed by atoms with Crippen molar-refractivity contribution in [1.82, 2.24) is 9.47 Å². The van der Waals surface area contributed by atoms with Crippen LogP contribution in [-0.2, 0) is 7.05 Å². The van der Waals surface area contributed by atoms with Crippen molar-refractivity contribution in [3.8, 4) is 0 Å². The quantitative estimate of drug-likeness (QED) is 0.863. The van der Waals surface area contributed by atoms with Gasteiger partial charge in [0.1, 0.15) is 0 Å². The van der Waals surface area contributed by atoms with Gasteiger partial charge < -0.3 is 14.4 Å². The third-order valence-electron chi connectivity index (χ3n) is 4.84. The third kappa shape index (κ3) is 1.81. The number of oxazole rings is 1. The topological polar surface area (TPSA) is 78.9 Å². The number of carboxylic acid groups (broad SMARTS) is 1. The standard InChI is InChI=1S/C15H17N3O4/c1-16-12-5-4-9(6-13(12)22-15(16)21)17-7-10-2-3-11(8-17)18(10)14(19)20/h4-6,10-11H,2-3,7-8H2,1H3,(H,19,20). The average molecular weight is 303 g/mol. The largest absolute Gasteiger partial charge is 0.465 e. The Labute approximate surface area is 126 Å². The Kier molecular flexibility index (Phi) is 2.72. The molecule has 0 radical (unpaired) electrons. The number of hydrogen-bond acceptors (Lipinski definition) is 4. The number of aromatic nitrogens is 1. The van der Waals surface area contributed by atoms with Crippen LogP contribution in [0, 0.1) is 0 Å². The van der Waals surface area contributed by atoms with E-state index in [-0.39, 0.29) is 17.8 Å². The molecule has 2 fully saturated rings. The van der Waals surface area contributed by atoms with Crippen molar-refractivity contribution in [2.45, 2.75) is 24.9 Å². The van der Waals surface area contributed by atoms with Crippen molar-refractivity contribution >= 4 is 22.9 Å². The summed E-state index contributed by atoms with van der Waals surface area (Å²) >= 11 is 0. The fraction of sp³-hybridized carbons (Fsp3) is 0.467. The highest BCUT2D eigenvalue weighted by Crippen LogP contribution is 2.33. The second-order valence-electron chi connectivity index (χ2n) is 6.06. The first-order valence-electron chi connectivity index (χ1n) is 7.40. The molecule has 7 heteroatoms. The Morgan fingerprint density at radius 2 is 1.95 bits per heavy atom. The lowest BCUT2D eigenvalue weighted by Crippen LogP contribution is -2.55. The van der Waals surface area contributed by atoms with E-state index in [1.807, 2.05) is 18.2 Å². The van der Waals surface area contributed by atoms with Gasteiger partial charge in [-0.05, 0) is 25.0 Å². The van der Waals surface area contributed by atoms with E-state index in [4.69, 9.17) is 4.42 Å². The maximum atomic E-state index is 11.6. The summed E-state index contributed by atoms with van der Waals surface area (Å²) < 4.78 is 6.71. The zero-order valence-electron chi connectivity index (χ0n) is 12.2. The second kappa shape index (κ2) is 4.53. The first kappa shape index (κ1) is 13.2. The highest BCUT2D eigenvalue weighted by molar-refractivity contribution is 5.78. The van der Waals surface area contributed by atoms with Crippen LogP contribution in [-0.4, -0.2) is 45.8 Å². The molecule has 4 rings (SSSR count). The molecule has 1 aromatic carbocycles.